The van der Waals surface area contributed by atoms with Crippen LogP contribution in [0.1, 0.15) is 25.6 Å². The largest absolute Gasteiger partial charge is 0.459 e. The standard InChI is InChI=1S/C17H19NO/c1-11(2)16(18-3)15-10-13-9-8-12-6-4-5-7-14(12)17(13)19-15/h4-11,16,18H,1-3H3. The van der Waals surface area contributed by atoms with Crippen LogP contribution in [-0.4, -0.2) is 7.05 Å². The van der Waals surface area contributed by atoms with Crippen LogP contribution in [-0.2, 0) is 0 Å². The lowest BCUT2D eigenvalue weighted by Crippen LogP contribution is -2.20. The first-order valence-electron chi connectivity index (χ1n) is 6.79. The average Bonchev–Trinajstić information content (AvgIpc) is 2.83. The summed E-state index contributed by atoms with van der Waals surface area (Å²) in [5, 5.41) is 6.92. The second-order valence-electron chi connectivity index (χ2n) is 5.36. The van der Waals surface area contributed by atoms with Gasteiger partial charge >= 0.3 is 0 Å². The Morgan fingerprint density at radius 2 is 1.74 bits per heavy atom. The summed E-state index contributed by atoms with van der Waals surface area (Å²) in [4.78, 5) is 0. The molecule has 19 heavy (non-hydrogen) atoms. The van der Waals surface area contributed by atoms with E-state index in [2.05, 4.69) is 61.6 Å². The molecule has 98 valence electrons. The molecule has 3 aromatic rings. The molecule has 1 unspecified atom stereocenters. The normalized spacial score (nSPS) is 13.5. The first-order valence-corrected chi connectivity index (χ1v) is 6.79. The van der Waals surface area contributed by atoms with Crippen molar-refractivity contribution in [3.8, 4) is 0 Å². The quantitative estimate of drug-likeness (QED) is 0.743. The van der Waals surface area contributed by atoms with Crippen LogP contribution in [0.5, 0.6) is 0 Å². The molecule has 1 atom stereocenters. The third kappa shape index (κ3) is 2.02. The van der Waals surface area contributed by atoms with Gasteiger partial charge in [0, 0.05) is 10.8 Å². The molecule has 2 aromatic carbocycles. The van der Waals surface area contributed by atoms with E-state index in [9.17, 15) is 0 Å². The van der Waals surface area contributed by atoms with Crippen LogP contribution in [0.25, 0.3) is 21.7 Å². The van der Waals surface area contributed by atoms with Crippen molar-refractivity contribution in [3.63, 3.8) is 0 Å². The maximum absolute atomic E-state index is 6.13. The zero-order valence-electron chi connectivity index (χ0n) is 11.6. The van der Waals surface area contributed by atoms with Crippen LogP contribution in [0.15, 0.2) is 46.9 Å². The zero-order valence-corrected chi connectivity index (χ0v) is 11.6. The smallest absolute Gasteiger partial charge is 0.142 e. The summed E-state index contributed by atoms with van der Waals surface area (Å²) in [6.45, 7) is 4.40. The zero-order chi connectivity index (χ0) is 13.4. The van der Waals surface area contributed by atoms with E-state index >= 15 is 0 Å². The highest BCUT2D eigenvalue weighted by molar-refractivity contribution is 6.04. The Hall–Kier alpha value is -1.80. The van der Waals surface area contributed by atoms with Crippen molar-refractivity contribution >= 4 is 21.7 Å². The van der Waals surface area contributed by atoms with Gasteiger partial charge < -0.3 is 9.73 Å². The van der Waals surface area contributed by atoms with Crippen LogP contribution >= 0.6 is 0 Å². The molecule has 1 aromatic heterocycles. The summed E-state index contributed by atoms with van der Waals surface area (Å²) in [6.07, 6.45) is 0. The Kier molecular flexibility index (Phi) is 3.03. The predicted molar refractivity (Wildman–Crippen MR) is 80.4 cm³/mol. The second kappa shape index (κ2) is 4.71. The molecule has 0 saturated heterocycles. The number of nitrogens with one attached hydrogen (secondary N) is 1. The molecular weight excluding hydrogens is 234 g/mol. The minimum absolute atomic E-state index is 0.256. The van der Waals surface area contributed by atoms with Gasteiger partial charge in [0.1, 0.15) is 11.3 Å². The molecule has 0 aliphatic carbocycles. The molecule has 0 aliphatic rings. The fourth-order valence-electron chi connectivity index (χ4n) is 2.75. The van der Waals surface area contributed by atoms with Gasteiger partial charge in [-0.05, 0) is 24.4 Å². The van der Waals surface area contributed by atoms with Crippen LogP contribution in [0.3, 0.4) is 0 Å². The average molecular weight is 253 g/mol. The highest BCUT2D eigenvalue weighted by Gasteiger charge is 2.18. The summed E-state index contributed by atoms with van der Waals surface area (Å²) < 4.78 is 6.13. The summed E-state index contributed by atoms with van der Waals surface area (Å²) in [5.41, 5.74) is 0.994. The topological polar surface area (TPSA) is 25.2 Å². The second-order valence-corrected chi connectivity index (χ2v) is 5.36. The maximum atomic E-state index is 6.13. The molecule has 2 nitrogen and oxygen atoms in total. The summed E-state index contributed by atoms with van der Waals surface area (Å²) >= 11 is 0. The van der Waals surface area contributed by atoms with Gasteiger partial charge in [0.05, 0.1) is 6.04 Å². The lowest BCUT2D eigenvalue weighted by Gasteiger charge is -2.17. The van der Waals surface area contributed by atoms with Crippen molar-refractivity contribution in [1.29, 1.82) is 0 Å². The monoisotopic (exact) mass is 253 g/mol. The molecule has 0 aliphatic heterocycles. The van der Waals surface area contributed by atoms with E-state index in [1.807, 2.05) is 7.05 Å². The third-order valence-corrected chi connectivity index (χ3v) is 3.71. The maximum Gasteiger partial charge on any atom is 0.142 e. The van der Waals surface area contributed by atoms with Crippen LogP contribution in [0.2, 0.25) is 0 Å². The van der Waals surface area contributed by atoms with Gasteiger partial charge in [0.2, 0.25) is 0 Å². The number of rotatable bonds is 3. The SMILES string of the molecule is CNC(c1cc2ccc3ccccc3c2o1)C(C)C. The molecule has 0 spiro atoms. The van der Waals surface area contributed by atoms with E-state index in [-0.39, 0.29) is 6.04 Å². The van der Waals surface area contributed by atoms with Crippen LogP contribution in [0, 0.1) is 5.92 Å². The molecular formula is C17H19NO. The van der Waals surface area contributed by atoms with Gasteiger partial charge in [-0.25, -0.2) is 0 Å². The van der Waals surface area contributed by atoms with Crippen molar-refractivity contribution in [2.75, 3.05) is 7.05 Å². The van der Waals surface area contributed by atoms with Crippen molar-refractivity contribution in [3.05, 3.63) is 48.2 Å². The van der Waals surface area contributed by atoms with Gasteiger partial charge in [-0.3, -0.25) is 0 Å². The Balaban J connectivity index is 2.22. The highest BCUT2D eigenvalue weighted by Crippen LogP contribution is 2.32. The number of benzene rings is 2. The number of furan rings is 1. The molecule has 0 radical (unpaired) electrons. The van der Waals surface area contributed by atoms with E-state index < -0.39 is 0 Å². The van der Waals surface area contributed by atoms with Crippen molar-refractivity contribution in [1.82, 2.24) is 5.32 Å². The van der Waals surface area contributed by atoms with E-state index in [4.69, 9.17) is 4.42 Å². The molecule has 0 bridgehead atoms. The fraction of sp³-hybridized carbons (Fsp3) is 0.294. The summed E-state index contributed by atoms with van der Waals surface area (Å²) in [6, 6.07) is 15.1. The first kappa shape index (κ1) is 12.2. The van der Waals surface area contributed by atoms with E-state index in [1.165, 1.54) is 16.2 Å². The van der Waals surface area contributed by atoms with Gasteiger partial charge in [-0.1, -0.05) is 50.2 Å². The molecule has 2 heteroatoms. The lowest BCUT2D eigenvalue weighted by atomic mass is 10.0. The third-order valence-electron chi connectivity index (χ3n) is 3.71. The van der Waals surface area contributed by atoms with Crippen molar-refractivity contribution in [2.24, 2.45) is 5.92 Å². The van der Waals surface area contributed by atoms with Crippen LogP contribution in [0.4, 0.5) is 0 Å². The first-order chi connectivity index (χ1) is 9.20. The van der Waals surface area contributed by atoms with Crippen molar-refractivity contribution in [2.45, 2.75) is 19.9 Å². The van der Waals surface area contributed by atoms with Crippen molar-refractivity contribution < 1.29 is 4.42 Å². The van der Waals surface area contributed by atoms with E-state index in [1.54, 1.807) is 0 Å². The van der Waals surface area contributed by atoms with E-state index in [0.29, 0.717) is 5.92 Å². The minimum atomic E-state index is 0.256. The Morgan fingerprint density at radius 3 is 2.47 bits per heavy atom. The summed E-state index contributed by atoms with van der Waals surface area (Å²) in [5.74, 6) is 1.51. The Bertz CT molecular complexity index is 711. The molecule has 1 heterocycles. The highest BCUT2D eigenvalue weighted by atomic mass is 16.3. The predicted octanol–water partition coefficient (Wildman–Crippen LogP) is 4.50. The molecule has 0 saturated carbocycles. The Labute approximate surface area is 113 Å². The molecule has 0 fully saturated rings. The number of fused-ring (bicyclic) bond motifs is 3. The van der Waals surface area contributed by atoms with Gasteiger partial charge in [-0.2, -0.15) is 0 Å². The number of hydrogen-bond acceptors (Lipinski definition) is 2. The molecule has 1 N–H and O–H groups in total. The van der Waals surface area contributed by atoms with Gasteiger partial charge in [-0.15, -0.1) is 0 Å². The summed E-state index contributed by atoms with van der Waals surface area (Å²) in [7, 11) is 1.98. The Morgan fingerprint density at radius 1 is 1.00 bits per heavy atom. The van der Waals surface area contributed by atoms with E-state index in [0.717, 1.165) is 11.3 Å². The lowest BCUT2D eigenvalue weighted by molar-refractivity contribution is 0.371. The van der Waals surface area contributed by atoms with Gasteiger partial charge in [0.25, 0.3) is 0 Å². The molecule has 3 rings (SSSR count). The molecule has 0 amide bonds. The van der Waals surface area contributed by atoms with Gasteiger partial charge in [0.15, 0.2) is 0 Å². The minimum Gasteiger partial charge on any atom is -0.459 e. The number of hydrogen-bond donors (Lipinski definition) is 1. The fourth-order valence-corrected chi connectivity index (χ4v) is 2.75. The van der Waals surface area contributed by atoms with Crippen LogP contribution < -0.4 is 5.32 Å².